The summed E-state index contributed by atoms with van der Waals surface area (Å²) in [5.74, 6) is 1.22. The Balaban J connectivity index is 1.71. The largest absolute Gasteiger partial charge is 0.493 e. The normalized spacial score (nSPS) is 13.1. The summed E-state index contributed by atoms with van der Waals surface area (Å²) in [6.07, 6.45) is 2.06. The molecule has 0 aliphatic carbocycles. The SMILES string of the molecule is COc1ccc(CC(=O)Nc2ccc3c(c2)CCCN3C(=O)C(C)C)cc1OC. The van der Waals surface area contributed by atoms with Gasteiger partial charge >= 0.3 is 0 Å². The number of aryl methyl sites for hydroxylation is 1. The van der Waals surface area contributed by atoms with E-state index in [4.69, 9.17) is 9.47 Å². The van der Waals surface area contributed by atoms with E-state index in [1.165, 1.54) is 0 Å². The third-order valence-electron chi connectivity index (χ3n) is 5.05. The predicted molar refractivity (Wildman–Crippen MR) is 114 cm³/mol. The number of benzene rings is 2. The van der Waals surface area contributed by atoms with Gasteiger partial charge in [-0.1, -0.05) is 19.9 Å². The second-order valence-electron chi connectivity index (χ2n) is 7.51. The van der Waals surface area contributed by atoms with Crippen molar-refractivity contribution in [1.29, 1.82) is 0 Å². The molecule has 1 heterocycles. The number of amides is 2. The molecule has 1 aliphatic rings. The summed E-state index contributed by atoms with van der Waals surface area (Å²) in [4.78, 5) is 26.8. The molecular formula is C23H28N2O4. The molecule has 3 rings (SSSR count). The van der Waals surface area contributed by atoms with Crippen LogP contribution in [0.25, 0.3) is 0 Å². The summed E-state index contributed by atoms with van der Waals surface area (Å²) in [5.41, 5.74) is 3.63. The number of ether oxygens (including phenoxy) is 2. The highest BCUT2D eigenvalue weighted by Crippen LogP contribution is 2.31. The van der Waals surface area contributed by atoms with Crippen molar-refractivity contribution in [3.63, 3.8) is 0 Å². The van der Waals surface area contributed by atoms with E-state index >= 15 is 0 Å². The van der Waals surface area contributed by atoms with Gasteiger partial charge in [0.25, 0.3) is 0 Å². The number of nitrogens with one attached hydrogen (secondary N) is 1. The zero-order valence-corrected chi connectivity index (χ0v) is 17.5. The lowest BCUT2D eigenvalue weighted by atomic mass is 9.99. The maximum Gasteiger partial charge on any atom is 0.229 e. The van der Waals surface area contributed by atoms with Gasteiger partial charge in [-0.2, -0.15) is 0 Å². The number of carbonyl (C=O) groups excluding carboxylic acids is 2. The van der Waals surface area contributed by atoms with Crippen LogP contribution >= 0.6 is 0 Å². The van der Waals surface area contributed by atoms with Gasteiger partial charge in [-0.15, -0.1) is 0 Å². The third-order valence-corrected chi connectivity index (χ3v) is 5.05. The molecule has 0 bridgehead atoms. The minimum Gasteiger partial charge on any atom is -0.493 e. The van der Waals surface area contributed by atoms with E-state index < -0.39 is 0 Å². The molecule has 6 heteroatoms. The number of carbonyl (C=O) groups is 2. The molecule has 0 unspecified atom stereocenters. The van der Waals surface area contributed by atoms with Crippen molar-refractivity contribution >= 4 is 23.2 Å². The summed E-state index contributed by atoms with van der Waals surface area (Å²) < 4.78 is 10.5. The Morgan fingerprint density at radius 1 is 1.07 bits per heavy atom. The minimum atomic E-state index is -0.108. The number of nitrogens with zero attached hydrogens (tertiary/aromatic N) is 1. The van der Waals surface area contributed by atoms with E-state index in [9.17, 15) is 9.59 Å². The van der Waals surface area contributed by atoms with Gasteiger partial charge in [0.2, 0.25) is 11.8 Å². The number of fused-ring (bicyclic) bond motifs is 1. The van der Waals surface area contributed by atoms with Crippen LogP contribution in [0, 0.1) is 5.92 Å². The molecule has 2 amide bonds. The summed E-state index contributed by atoms with van der Waals surface area (Å²) in [5, 5.41) is 2.96. The van der Waals surface area contributed by atoms with Crippen molar-refractivity contribution in [3.05, 3.63) is 47.5 Å². The van der Waals surface area contributed by atoms with E-state index in [1.807, 2.05) is 43.0 Å². The van der Waals surface area contributed by atoms with E-state index in [0.29, 0.717) is 11.5 Å². The molecule has 0 radical (unpaired) electrons. The number of hydrogen-bond donors (Lipinski definition) is 1. The fourth-order valence-corrected chi connectivity index (χ4v) is 3.60. The van der Waals surface area contributed by atoms with Crippen LogP contribution < -0.4 is 19.7 Å². The average Bonchev–Trinajstić information content (AvgIpc) is 2.72. The van der Waals surface area contributed by atoms with Gasteiger partial charge in [0.05, 0.1) is 20.6 Å². The van der Waals surface area contributed by atoms with Gasteiger partial charge in [0.15, 0.2) is 11.5 Å². The summed E-state index contributed by atoms with van der Waals surface area (Å²) in [7, 11) is 3.15. The molecule has 0 saturated heterocycles. The van der Waals surface area contributed by atoms with Gasteiger partial charge in [-0.05, 0) is 54.3 Å². The Hall–Kier alpha value is -3.02. The average molecular weight is 396 g/mol. The Kier molecular flexibility index (Phi) is 6.42. The molecule has 29 heavy (non-hydrogen) atoms. The lowest BCUT2D eigenvalue weighted by Crippen LogP contribution is -2.38. The maximum atomic E-state index is 12.5. The van der Waals surface area contributed by atoms with Gasteiger partial charge < -0.3 is 19.7 Å². The quantitative estimate of drug-likeness (QED) is 0.806. The summed E-state index contributed by atoms with van der Waals surface area (Å²) in [6, 6.07) is 11.2. The monoisotopic (exact) mass is 396 g/mol. The number of anilines is 2. The second kappa shape index (κ2) is 8.99. The topological polar surface area (TPSA) is 67.9 Å². The van der Waals surface area contributed by atoms with E-state index in [2.05, 4.69) is 5.32 Å². The molecule has 1 aliphatic heterocycles. The van der Waals surface area contributed by atoms with Crippen molar-refractivity contribution in [2.24, 2.45) is 5.92 Å². The van der Waals surface area contributed by atoms with E-state index in [0.717, 1.165) is 41.9 Å². The lowest BCUT2D eigenvalue weighted by molar-refractivity contribution is -0.121. The van der Waals surface area contributed by atoms with Crippen molar-refractivity contribution in [2.45, 2.75) is 33.1 Å². The predicted octanol–water partition coefficient (Wildman–Crippen LogP) is 3.82. The minimum absolute atomic E-state index is 0.0400. The fraction of sp³-hybridized carbons (Fsp3) is 0.391. The smallest absolute Gasteiger partial charge is 0.229 e. The van der Waals surface area contributed by atoms with Crippen LogP contribution in [0.2, 0.25) is 0 Å². The molecule has 0 spiro atoms. The van der Waals surface area contributed by atoms with Crippen LogP contribution in [-0.4, -0.2) is 32.6 Å². The van der Waals surface area contributed by atoms with Crippen LogP contribution in [0.3, 0.4) is 0 Å². The van der Waals surface area contributed by atoms with Gasteiger partial charge in [-0.3, -0.25) is 9.59 Å². The number of methoxy groups -OCH3 is 2. The molecule has 2 aromatic carbocycles. The Labute approximate surface area is 171 Å². The molecular weight excluding hydrogens is 368 g/mol. The Morgan fingerprint density at radius 3 is 2.52 bits per heavy atom. The molecule has 0 saturated carbocycles. The first kappa shape index (κ1) is 20.7. The molecule has 0 fully saturated rings. The Bertz CT molecular complexity index is 908. The molecule has 0 aromatic heterocycles. The first-order valence-electron chi connectivity index (χ1n) is 9.88. The molecule has 2 aromatic rings. The van der Waals surface area contributed by atoms with Crippen molar-refractivity contribution < 1.29 is 19.1 Å². The molecule has 1 N–H and O–H groups in total. The summed E-state index contributed by atoms with van der Waals surface area (Å²) in [6.45, 7) is 4.58. The Morgan fingerprint density at radius 2 is 1.83 bits per heavy atom. The lowest BCUT2D eigenvalue weighted by Gasteiger charge is -2.31. The van der Waals surface area contributed by atoms with Crippen LogP contribution in [0.15, 0.2) is 36.4 Å². The number of rotatable bonds is 6. The second-order valence-corrected chi connectivity index (χ2v) is 7.51. The van der Waals surface area contributed by atoms with Crippen LogP contribution in [0.4, 0.5) is 11.4 Å². The van der Waals surface area contributed by atoms with Crippen molar-refractivity contribution in [2.75, 3.05) is 31.0 Å². The van der Waals surface area contributed by atoms with Gasteiger partial charge in [-0.25, -0.2) is 0 Å². The van der Waals surface area contributed by atoms with Crippen LogP contribution in [0.5, 0.6) is 11.5 Å². The summed E-state index contributed by atoms with van der Waals surface area (Å²) >= 11 is 0. The third kappa shape index (κ3) is 4.70. The molecule has 6 nitrogen and oxygen atoms in total. The maximum absolute atomic E-state index is 12.5. The molecule has 0 atom stereocenters. The fourth-order valence-electron chi connectivity index (χ4n) is 3.60. The first-order valence-corrected chi connectivity index (χ1v) is 9.88. The highest BCUT2D eigenvalue weighted by molar-refractivity contribution is 5.97. The van der Waals surface area contributed by atoms with Gasteiger partial charge in [0, 0.05) is 23.8 Å². The van der Waals surface area contributed by atoms with Crippen LogP contribution in [-0.2, 0) is 22.4 Å². The van der Waals surface area contributed by atoms with Crippen molar-refractivity contribution in [1.82, 2.24) is 0 Å². The van der Waals surface area contributed by atoms with Crippen LogP contribution in [0.1, 0.15) is 31.4 Å². The zero-order chi connectivity index (χ0) is 21.0. The van der Waals surface area contributed by atoms with E-state index in [-0.39, 0.29) is 24.2 Å². The molecule has 154 valence electrons. The highest BCUT2D eigenvalue weighted by Gasteiger charge is 2.24. The highest BCUT2D eigenvalue weighted by atomic mass is 16.5. The number of hydrogen-bond acceptors (Lipinski definition) is 4. The zero-order valence-electron chi connectivity index (χ0n) is 17.5. The standard InChI is InChI=1S/C23H28N2O4/c1-15(2)23(27)25-11-5-6-17-14-18(8-9-19(17)25)24-22(26)13-16-7-10-20(28-3)21(12-16)29-4/h7-10,12,14-15H,5-6,11,13H2,1-4H3,(H,24,26). The van der Waals surface area contributed by atoms with Gasteiger partial charge in [0.1, 0.15) is 0 Å². The van der Waals surface area contributed by atoms with Crippen molar-refractivity contribution in [3.8, 4) is 11.5 Å². The first-order chi connectivity index (χ1) is 13.9. The van der Waals surface area contributed by atoms with E-state index in [1.54, 1.807) is 26.4 Å².